The molecule has 0 atom stereocenters. The lowest BCUT2D eigenvalue weighted by atomic mass is 10.2. The molecule has 0 unspecified atom stereocenters. The number of nitrogens with two attached hydrogens (primary N) is 1. The van der Waals surface area contributed by atoms with Gasteiger partial charge in [-0.15, -0.1) is 0 Å². The maximum atomic E-state index is 5.99. The van der Waals surface area contributed by atoms with Gasteiger partial charge in [0.15, 0.2) is 0 Å². The number of anilines is 1. The standard InChI is InChI=1S/C14H22N4/c1-4-13-16-14-11(15)7-5-8-12(14)18(13)10-6-9-17(2)3/h5,7-8H,4,6,9-10,15H2,1-3H3. The van der Waals surface area contributed by atoms with Crippen LogP contribution < -0.4 is 5.73 Å². The highest BCUT2D eigenvalue weighted by molar-refractivity contribution is 5.87. The largest absolute Gasteiger partial charge is 0.397 e. The summed E-state index contributed by atoms with van der Waals surface area (Å²) in [7, 11) is 4.20. The minimum absolute atomic E-state index is 0.772. The Bertz CT molecular complexity index is 528. The highest BCUT2D eigenvalue weighted by Crippen LogP contribution is 2.22. The van der Waals surface area contributed by atoms with Crippen molar-refractivity contribution in [2.24, 2.45) is 0 Å². The van der Waals surface area contributed by atoms with E-state index < -0.39 is 0 Å². The van der Waals surface area contributed by atoms with Crippen LogP contribution in [-0.4, -0.2) is 35.1 Å². The minimum atomic E-state index is 0.772. The molecular weight excluding hydrogens is 224 g/mol. The van der Waals surface area contributed by atoms with E-state index in [4.69, 9.17) is 5.73 Å². The Morgan fingerprint density at radius 3 is 2.78 bits per heavy atom. The number of fused-ring (bicyclic) bond motifs is 1. The molecule has 0 aliphatic carbocycles. The molecule has 1 aromatic carbocycles. The van der Waals surface area contributed by atoms with Crippen LogP contribution in [-0.2, 0) is 13.0 Å². The van der Waals surface area contributed by atoms with Gasteiger partial charge >= 0.3 is 0 Å². The first-order chi connectivity index (χ1) is 8.63. The van der Waals surface area contributed by atoms with Crippen LogP contribution in [0.2, 0.25) is 0 Å². The predicted molar refractivity (Wildman–Crippen MR) is 76.7 cm³/mol. The molecule has 0 saturated carbocycles. The Morgan fingerprint density at radius 2 is 2.11 bits per heavy atom. The van der Waals surface area contributed by atoms with E-state index in [1.54, 1.807) is 0 Å². The van der Waals surface area contributed by atoms with E-state index in [0.29, 0.717) is 0 Å². The highest BCUT2D eigenvalue weighted by Gasteiger charge is 2.10. The number of aromatic nitrogens is 2. The van der Waals surface area contributed by atoms with Crippen molar-refractivity contribution < 1.29 is 0 Å². The summed E-state index contributed by atoms with van der Waals surface area (Å²) in [5, 5.41) is 0. The van der Waals surface area contributed by atoms with Crippen molar-refractivity contribution >= 4 is 16.7 Å². The molecular formula is C14H22N4. The molecule has 18 heavy (non-hydrogen) atoms. The molecule has 0 saturated heterocycles. The fourth-order valence-electron chi connectivity index (χ4n) is 2.28. The van der Waals surface area contributed by atoms with E-state index in [-0.39, 0.29) is 0 Å². The van der Waals surface area contributed by atoms with Gasteiger partial charge in [0.1, 0.15) is 11.3 Å². The smallest absolute Gasteiger partial charge is 0.112 e. The summed E-state index contributed by atoms with van der Waals surface area (Å²) in [5.74, 6) is 1.13. The maximum Gasteiger partial charge on any atom is 0.112 e. The van der Waals surface area contributed by atoms with E-state index in [1.165, 1.54) is 0 Å². The van der Waals surface area contributed by atoms with Crippen LogP contribution in [0.4, 0.5) is 5.69 Å². The molecule has 0 spiro atoms. The third-order valence-corrected chi connectivity index (χ3v) is 3.19. The maximum absolute atomic E-state index is 5.99. The second kappa shape index (κ2) is 5.40. The minimum Gasteiger partial charge on any atom is -0.397 e. The summed E-state index contributed by atoms with van der Waals surface area (Å²) in [5.41, 5.74) is 8.86. The molecule has 0 bridgehead atoms. The van der Waals surface area contributed by atoms with Crippen LogP contribution in [0.15, 0.2) is 18.2 Å². The Labute approximate surface area is 108 Å². The zero-order chi connectivity index (χ0) is 13.1. The van der Waals surface area contributed by atoms with E-state index in [2.05, 4.69) is 41.5 Å². The van der Waals surface area contributed by atoms with Crippen molar-refractivity contribution in [3.05, 3.63) is 24.0 Å². The number of nitrogens with zero attached hydrogens (tertiary/aromatic N) is 3. The molecule has 0 aliphatic rings. The Kier molecular flexibility index (Phi) is 3.87. The lowest BCUT2D eigenvalue weighted by molar-refractivity contribution is 0.386. The number of para-hydroxylation sites is 1. The van der Waals surface area contributed by atoms with Gasteiger partial charge in [-0.25, -0.2) is 4.98 Å². The number of benzene rings is 1. The van der Waals surface area contributed by atoms with Crippen molar-refractivity contribution in [1.82, 2.24) is 14.5 Å². The van der Waals surface area contributed by atoms with Crippen molar-refractivity contribution in [2.45, 2.75) is 26.3 Å². The summed E-state index contributed by atoms with van der Waals surface area (Å²) >= 11 is 0. The molecule has 4 heteroatoms. The molecule has 4 nitrogen and oxygen atoms in total. The Balaban J connectivity index is 2.32. The predicted octanol–water partition coefficient (Wildman–Crippen LogP) is 2.13. The molecule has 0 fully saturated rings. The van der Waals surface area contributed by atoms with E-state index in [0.717, 1.165) is 48.5 Å². The molecule has 2 N–H and O–H groups in total. The molecule has 0 radical (unpaired) electrons. The molecule has 2 aromatic rings. The average molecular weight is 246 g/mol. The van der Waals surface area contributed by atoms with Crippen molar-refractivity contribution in [1.29, 1.82) is 0 Å². The molecule has 0 aliphatic heterocycles. The van der Waals surface area contributed by atoms with Crippen LogP contribution >= 0.6 is 0 Å². The third kappa shape index (κ3) is 2.48. The Morgan fingerprint density at radius 1 is 1.33 bits per heavy atom. The summed E-state index contributed by atoms with van der Waals surface area (Å²) < 4.78 is 2.30. The van der Waals surface area contributed by atoms with Crippen LogP contribution in [0.5, 0.6) is 0 Å². The molecule has 98 valence electrons. The molecule has 1 heterocycles. The van der Waals surface area contributed by atoms with Crippen LogP contribution in [0.25, 0.3) is 11.0 Å². The lowest BCUT2D eigenvalue weighted by Gasteiger charge is -2.11. The summed E-state index contributed by atoms with van der Waals surface area (Å²) in [6.45, 7) is 4.23. The van der Waals surface area contributed by atoms with Gasteiger partial charge in [-0.3, -0.25) is 0 Å². The SMILES string of the molecule is CCc1nc2c(N)cccc2n1CCCN(C)C. The van der Waals surface area contributed by atoms with E-state index in [1.807, 2.05) is 12.1 Å². The van der Waals surface area contributed by atoms with Gasteiger partial charge in [-0.2, -0.15) is 0 Å². The normalized spacial score (nSPS) is 11.6. The van der Waals surface area contributed by atoms with Crippen LogP contribution in [0.1, 0.15) is 19.2 Å². The number of aryl methyl sites for hydroxylation is 2. The summed E-state index contributed by atoms with van der Waals surface area (Å²) in [6.07, 6.45) is 2.07. The number of imidazole rings is 1. The molecule has 1 aromatic heterocycles. The molecule has 2 rings (SSSR count). The average Bonchev–Trinajstić information content (AvgIpc) is 2.69. The van der Waals surface area contributed by atoms with Gasteiger partial charge < -0.3 is 15.2 Å². The summed E-state index contributed by atoms with van der Waals surface area (Å²) in [6, 6.07) is 6.02. The Hall–Kier alpha value is -1.55. The van der Waals surface area contributed by atoms with E-state index in [9.17, 15) is 0 Å². The van der Waals surface area contributed by atoms with Gasteiger partial charge in [0.05, 0.1) is 11.2 Å². The quantitative estimate of drug-likeness (QED) is 0.822. The van der Waals surface area contributed by atoms with Crippen LogP contribution in [0, 0.1) is 0 Å². The third-order valence-electron chi connectivity index (χ3n) is 3.19. The number of hydrogen-bond donors (Lipinski definition) is 1. The topological polar surface area (TPSA) is 47.1 Å². The lowest BCUT2D eigenvalue weighted by Crippen LogP contribution is -2.15. The second-order valence-electron chi connectivity index (χ2n) is 4.91. The first kappa shape index (κ1) is 12.9. The first-order valence-electron chi connectivity index (χ1n) is 6.51. The summed E-state index contributed by atoms with van der Waals surface area (Å²) in [4.78, 5) is 6.86. The zero-order valence-electron chi connectivity index (χ0n) is 11.5. The van der Waals surface area contributed by atoms with Gasteiger partial charge in [0, 0.05) is 13.0 Å². The molecule has 0 amide bonds. The highest BCUT2D eigenvalue weighted by atomic mass is 15.1. The van der Waals surface area contributed by atoms with E-state index >= 15 is 0 Å². The fourth-order valence-corrected chi connectivity index (χ4v) is 2.28. The first-order valence-corrected chi connectivity index (χ1v) is 6.51. The number of nitrogen functional groups attached to an aromatic ring is 1. The number of rotatable bonds is 5. The van der Waals surface area contributed by atoms with Crippen molar-refractivity contribution in [3.8, 4) is 0 Å². The monoisotopic (exact) mass is 246 g/mol. The van der Waals surface area contributed by atoms with Gasteiger partial charge in [-0.1, -0.05) is 13.0 Å². The second-order valence-corrected chi connectivity index (χ2v) is 4.91. The van der Waals surface area contributed by atoms with Gasteiger partial charge in [0.25, 0.3) is 0 Å². The zero-order valence-corrected chi connectivity index (χ0v) is 11.5. The van der Waals surface area contributed by atoms with Crippen molar-refractivity contribution in [2.75, 3.05) is 26.4 Å². The van der Waals surface area contributed by atoms with Gasteiger partial charge in [-0.05, 0) is 39.2 Å². The van der Waals surface area contributed by atoms with Crippen LogP contribution in [0.3, 0.4) is 0 Å². The number of hydrogen-bond acceptors (Lipinski definition) is 3. The van der Waals surface area contributed by atoms with Gasteiger partial charge in [0.2, 0.25) is 0 Å². The van der Waals surface area contributed by atoms with Crippen molar-refractivity contribution in [3.63, 3.8) is 0 Å². The fraction of sp³-hybridized carbons (Fsp3) is 0.500.